The van der Waals surface area contributed by atoms with Crippen LogP contribution in [0.1, 0.15) is 21.6 Å². The van der Waals surface area contributed by atoms with Crippen molar-refractivity contribution in [1.29, 1.82) is 5.26 Å². The lowest BCUT2D eigenvalue weighted by Crippen LogP contribution is -2.26. The van der Waals surface area contributed by atoms with Crippen molar-refractivity contribution in [3.05, 3.63) is 71.8 Å². The summed E-state index contributed by atoms with van der Waals surface area (Å²) in [5.41, 5.74) is 9.13. The highest BCUT2D eigenvalue weighted by Crippen LogP contribution is 2.28. The van der Waals surface area contributed by atoms with Gasteiger partial charge >= 0.3 is 0 Å². The molecule has 15 heteroatoms. The molecule has 0 saturated heterocycles. The minimum absolute atomic E-state index is 0. The van der Waals surface area contributed by atoms with Gasteiger partial charge in [0.1, 0.15) is 17.6 Å². The predicted molar refractivity (Wildman–Crippen MR) is 141 cm³/mol. The van der Waals surface area contributed by atoms with Crippen LogP contribution in [0.5, 0.6) is 5.75 Å². The van der Waals surface area contributed by atoms with Crippen LogP contribution >= 0.6 is 23.1 Å². The number of H-pyrrole nitrogens is 1. The maximum absolute atomic E-state index is 12.4. The smallest absolute Gasteiger partial charge is 0.272 e. The van der Waals surface area contributed by atoms with Crippen LogP contribution in [0.3, 0.4) is 0 Å². The summed E-state index contributed by atoms with van der Waals surface area (Å²) in [4.78, 5) is 34.7. The summed E-state index contributed by atoms with van der Waals surface area (Å²) in [5.74, 6) is 0.0442. The van der Waals surface area contributed by atoms with E-state index in [1.54, 1.807) is 18.3 Å². The number of nitriles is 1. The number of halogens is 2. The molecule has 2 amide bonds. The molecule has 2 aromatic carbocycles. The van der Waals surface area contributed by atoms with Crippen molar-refractivity contribution in [2.45, 2.75) is 11.4 Å². The maximum atomic E-state index is 12.4. The monoisotopic (exact) mass is 575 g/mol. The Hall–Kier alpha value is -4.38. The van der Waals surface area contributed by atoms with Crippen LogP contribution in [0, 0.1) is 11.3 Å². The second-order valence-electron chi connectivity index (χ2n) is 7.62. The fourth-order valence-corrected chi connectivity index (χ4v) is 4.15. The molecule has 0 atom stereocenters. The van der Waals surface area contributed by atoms with Crippen LogP contribution in [0.15, 0.2) is 59.9 Å². The molecule has 196 valence electrons. The molecule has 0 fully saturated rings. The summed E-state index contributed by atoms with van der Waals surface area (Å²) >= 11 is 0. The van der Waals surface area contributed by atoms with E-state index in [2.05, 4.69) is 25.6 Å². The van der Waals surface area contributed by atoms with Gasteiger partial charge in [-0.15, -0.1) is 12.4 Å². The SMILES string of the molecule is Cl.N#Cc1cccc(S(=O)(=O)Cl)c1.Nc1c[nH]c2c(C(=O)NCc3ccc4c(c3)NC(=O)CO4)ncnc12. The summed E-state index contributed by atoms with van der Waals surface area (Å²) < 4.78 is 26.8. The Kier molecular flexibility index (Phi) is 8.74. The molecule has 0 saturated carbocycles. The zero-order chi connectivity index (χ0) is 26.6. The minimum atomic E-state index is -3.71. The number of carbonyl (C=O) groups is 2. The summed E-state index contributed by atoms with van der Waals surface area (Å²) in [6.45, 7) is 0.274. The third-order valence-electron chi connectivity index (χ3n) is 5.08. The van der Waals surface area contributed by atoms with Crippen molar-refractivity contribution in [3.8, 4) is 11.8 Å². The Balaban J connectivity index is 0.000000262. The third-order valence-corrected chi connectivity index (χ3v) is 6.43. The number of hydrogen-bond acceptors (Lipinski definition) is 9. The molecular formula is C23H19Cl2N7O5S. The zero-order valence-corrected chi connectivity index (χ0v) is 21.7. The molecule has 4 aromatic rings. The molecule has 0 radical (unpaired) electrons. The number of fused-ring (bicyclic) bond motifs is 2. The number of ether oxygens (including phenoxy) is 1. The zero-order valence-electron chi connectivity index (χ0n) is 19.3. The van der Waals surface area contributed by atoms with Crippen molar-refractivity contribution >= 4 is 66.4 Å². The highest BCUT2D eigenvalue weighted by atomic mass is 35.7. The molecule has 0 aliphatic carbocycles. The van der Waals surface area contributed by atoms with E-state index in [1.165, 1.54) is 30.6 Å². The summed E-state index contributed by atoms with van der Waals surface area (Å²) in [6.07, 6.45) is 2.87. The van der Waals surface area contributed by atoms with Gasteiger partial charge in [0.15, 0.2) is 12.3 Å². The van der Waals surface area contributed by atoms with E-state index in [0.29, 0.717) is 28.2 Å². The highest BCUT2D eigenvalue weighted by molar-refractivity contribution is 8.13. The molecule has 3 heterocycles. The number of nitrogens with zero attached hydrogens (tertiary/aromatic N) is 3. The fraction of sp³-hybridized carbons (Fsp3) is 0.0870. The van der Waals surface area contributed by atoms with Crippen molar-refractivity contribution in [1.82, 2.24) is 20.3 Å². The number of hydrogen-bond donors (Lipinski definition) is 4. The Morgan fingerprint density at radius 1 is 1.24 bits per heavy atom. The average Bonchev–Trinajstić information content (AvgIpc) is 3.27. The van der Waals surface area contributed by atoms with Gasteiger partial charge in [0, 0.05) is 23.4 Å². The lowest BCUT2D eigenvalue weighted by molar-refractivity contribution is -0.118. The Labute approximate surface area is 227 Å². The third kappa shape index (κ3) is 6.48. The predicted octanol–water partition coefficient (Wildman–Crippen LogP) is 2.71. The number of nitrogen functional groups attached to an aromatic ring is 1. The largest absolute Gasteiger partial charge is 0.482 e. The molecule has 2 aromatic heterocycles. The van der Waals surface area contributed by atoms with Crippen LogP contribution in [-0.2, 0) is 20.4 Å². The normalized spacial score (nSPS) is 11.9. The number of aromatic nitrogens is 3. The van der Waals surface area contributed by atoms with Gasteiger partial charge in [-0.1, -0.05) is 12.1 Å². The molecule has 1 aliphatic rings. The number of aromatic amines is 1. The quantitative estimate of drug-likeness (QED) is 0.264. The summed E-state index contributed by atoms with van der Waals surface area (Å²) in [6, 6.07) is 12.7. The maximum Gasteiger partial charge on any atom is 0.272 e. The fourth-order valence-electron chi connectivity index (χ4n) is 3.36. The Bertz CT molecular complexity index is 1670. The second-order valence-corrected chi connectivity index (χ2v) is 10.2. The first-order chi connectivity index (χ1) is 17.7. The van der Waals surface area contributed by atoms with Gasteiger partial charge in [0.2, 0.25) is 0 Å². The van der Waals surface area contributed by atoms with E-state index in [9.17, 15) is 18.0 Å². The molecule has 38 heavy (non-hydrogen) atoms. The molecule has 5 N–H and O–H groups in total. The van der Waals surface area contributed by atoms with Crippen molar-refractivity contribution in [2.75, 3.05) is 17.7 Å². The van der Waals surface area contributed by atoms with Gasteiger partial charge in [-0.3, -0.25) is 9.59 Å². The standard InChI is InChI=1S/C16H14N6O3.C7H4ClNO2S.ClH/c17-9-5-18-14-13(9)20-7-21-15(14)16(24)19-4-8-1-2-11-10(3-8)22-12(23)6-25-11;8-12(10,11)7-3-1-2-6(4-7)5-9;/h1-3,5,7,18H,4,6,17H2,(H,19,24)(H,22,23);1-4H;1H. The number of amides is 2. The van der Waals surface area contributed by atoms with Crippen LogP contribution in [0.2, 0.25) is 0 Å². The second kappa shape index (κ2) is 11.8. The van der Waals surface area contributed by atoms with E-state index in [4.69, 9.17) is 26.4 Å². The van der Waals surface area contributed by atoms with E-state index in [1.807, 2.05) is 12.1 Å². The van der Waals surface area contributed by atoms with Crippen LogP contribution < -0.4 is 21.1 Å². The van der Waals surface area contributed by atoms with Crippen LogP contribution in [0.4, 0.5) is 11.4 Å². The molecule has 0 bridgehead atoms. The van der Waals surface area contributed by atoms with Crippen molar-refractivity contribution in [2.24, 2.45) is 0 Å². The van der Waals surface area contributed by atoms with Gasteiger partial charge in [-0.25, -0.2) is 18.4 Å². The topological polar surface area (TPSA) is 193 Å². The number of rotatable bonds is 4. The minimum Gasteiger partial charge on any atom is -0.482 e. The lowest BCUT2D eigenvalue weighted by atomic mass is 10.1. The highest BCUT2D eigenvalue weighted by Gasteiger charge is 2.18. The van der Waals surface area contributed by atoms with Crippen LogP contribution in [-0.4, -0.2) is 41.8 Å². The van der Waals surface area contributed by atoms with Crippen molar-refractivity contribution < 1.29 is 22.7 Å². The number of nitrogens with one attached hydrogen (secondary N) is 3. The molecule has 0 unspecified atom stereocenters. The Morgan fingerprint density at radius 3 is 2.76 bits per heavy atom. The molecular weight excluding hydrogens is 557 g/mol. The van der Waals surface area contributed by atoms with Gasteiger partial charge in [-0.2, -0.15) is 5.26 Å². The van der Waals surface area contributed by atoms with E-state index in [-0.39, 0.29) is 53.5 Å². The Morgan fingerprint density at radius 2 is 2.03 bits per heavy atom. The molecule has 0 spiro atoms. The summed E-state index contributed by atoms with van der Waals surface area (Å²) in [7, 11) is 1.34. The molecule has 5 rings (SSSR count). The van der Waals surface area contributed by atoms with E-state index in [0.717, 1.165) is 5.56 Å². The number of benzene rings is 2. The summed E-state index contributed by atoms with van der Waals surface area (Å²) in [5, 5.41) is 14.0. The number of carbonyl (C=O) groups excluding carboxylic acids is 2. The van der Waals surface area contributed by atoms with Gasteiger partial charge in [0.05, 0.1) is 33.4 Å². The van der Waals surface area contributed by atoms with Crippen LogP contribution in [0.25, 0.3) is 11.0 Å². The average molecular weight is 576 g/mol. The van der Waals surface area contributed by atoms with E-state index < -0.39 is 9.05 Å². The first-order valence-electron chi connectivity index (χ1n) is 10.5. The van der Waals surface area contributed by atoms with Gasteiger partial charge in [-0.05, 0) is 35.9 Å². The first kappa shape index (κ1) is 28.2. The lowest BCUT2D eigenvalue weighted by Gasteiger charge is -2.18. The first-order valence-corrected chi connectivity index (χ1v) is 12.8. The van der Waals surface area contributed by atoms with E-state index >= 15 is 0 Å². The molecule has 12 nitrogen and oxygen atoms in total. The van der Waals surface area contributed by atoms with Gasteiger partial charge < -0.3 is 26.1 Å². The number of anilines is 2. The number of nitrogens with two attached hydrogens (primary N) is 1. The molecule has 1 aliphatic heterocycles. The van der Waals surface area contributed by atoms with Crippen molar-refractivity contribution in [3.63, 3.8) is 0 Å². The van der Waals surface area contributed by atoms with Gasteiger partial charge in [0.25, 0.3) is 20.9 Å².